The Hall–Kier alpha value is -0.370. The molecule has 0 aromatic heterocycles. The zero-order valence-electron chi connectivity index (χ0n) is 11.2. The fourth-order valence-electron chi connectivity index (χ4n) is 1.31. The minimum Gasteiger partial charge on any atom is -0.490 e. The van der Waals surface area contributed by atoms with Gasteiger partial charge in [-0.25, -0.2) is 12.8 Å². The van der Waals surface area contributed by atoms with Crippen LogP contribution < -0.4 is 4.74 Å². The summed E-state index contributed by atoms with van der Waals surface area (Å²) in [7, 11) is 0.985. The van der Waals surface area contributed by atoms with Crippen molar-refractivity contribution in [3.05, 3.63) is 22.4 Å². The van der Waals surface area contributed by atoms with Gasteiger partial charge in [0.1, 0.15) is 23.1 Å². The van der Waals surface area contributed by atoms with E-state index in [4.69, 9.17) is 20.2 Å². The van der Waals surface area contributed by atoms with Crippen LogP contribution in [-0.4, -0.2) is 27.2 Å². The number of rotatable bonds is 5. The molecule has 0 unspecified atom stereocenters. The molecule has 0 saturated carbocycles. The van der Waals surface area contributed by atoms with E-state index in [1.807, 2.05) is 20.8 Å². The summed E-state index contributed by atoms with van der Waals surface area (Å²) in [6.07, 6.45) is 0. The van der Waals surface area contributed by atoms with E-state index in [2.05, 4.69) is 15.9 Å². The van der Waals surface area contributed by atoms with Crippen LogP contribution in [0.25, 0.3) is 0 Å². The van der Waals surface area contributed by atoms with Crippen molar-refractivity contribution in [3.8, 4) is 5.75 Å². The zero-order valence-corrected chi connectivity index (χ0v) is 14.4. The Morgan fingerprint density at radius 3 is 2.40 bits per heavy atom. The topological polar surface area (TPSA) is 52.6 Å². The number of ether oxygens (including phenoxy) is 2. The molecule has 1 rings (SSSR count). The highest BCUT2D eigenvalue weighted by Crippen LogP contribution is 2.31. The minimum atomic E-state index is -4.13. The highest BCUT2D eigenvalue weighted by atomic mass is 79.9. The lowest BCUT2D eigenvalue weighted by atomic mass is 10.2. The summed E-state index contributed by atoms with van der Waals surface area (Å²) in [6.45, 7) is 6.25. The molecule has 0 aliphatic rings. The average Bonchev–Trinajstić information content (AvgIpc) is 2.25. The maximum atomic E-state index is 13.6. The van der Waals surface area contributed by atoms with E-state index in [1.54, 1.807) is 0 Å². The molecule has 0 radical (unpaired) electrons. The zero-order chi connectivity index (χ0) is 15.6. The van der Waals surface area contributed by atoms with Crippen LogP contribution in [-0.2, 0) is 13.8 Å². The van der Waals surface area contributed by atoms with E-state index in [0.717, 1.165) is 12.1 Å². The van der Waals surface area contributed by atoms with Crippen LogP contribution in [0.3, 0.4) is 0 Å². The maximum absolute atomic E-state index is 13.6. The Morgan fingerprint density at radius 1 is 1.30 bits per heavy atom. The van der Waals surface area contributed by atoms with Gasteiger partial charge in [0.15, 0.2) is 0 Å². The standard InChI is InChI=1S/C12H15BrClFO4S/c1-12(2,3)19-5-4-18-10-7-9(15)11(6-8(10)13)20(14,16)17/h6-7H,4-5H2,1-3H3. The van der Waals surface area contributed by atoms with Crippen molar-refractivity contribution in [1.29, 1.82) is 0 Å². The second kappa shape index (κ2) is 6.60. The lowest BCUT2D eigenvalue weighted by Gasteiger charge is -2.19. The molecule has 1 aromatic rings. The van der Waals surface area contributed by atoms with Gasteiger partial charge in [-0.3, -0.25) is 0 Å². The lowest BCUT2D eigenvalue weighted by molar-refractivity contribution is -0.0164. The smallest absolute Gasteiger partial charge is 0.264 e. The molecule has 114 valence electrons. The third-order valence-corrected chi connectivity index (χ3v) is 4.08. The van der Waals surface area contributed by atoms with Crippen molar-refractivity contribution >= 4 is 35.7 Å². The second-order valence-corrected chi connectivity index (χ2v) is 8.35. The van der Waals surface area contributed by atoms with Crippen LogP contribution in [0, 0.1) is 5.82 Å². The molecule has 0 amide bonds. The quantitative estimate of drug-likeness (QED) is 0.569. The summed E-state index contributed by atoms with van der Waals surface area (Å²) >= 11 is 3.11. The van der Waals surface area contributed by atoms with E-state index < -0.39 is 19.8 Å². The van der Waals surface area contributed by atoms with E-state index in [1.165, 1.54) is 0 Å². The highest BCUT2D eigenvalue weighted by Gasteiger charge is 2.19. The predicted molar refractivity (Wildman–Crippen MR) is 78.3 cm³/mol. The van der Waals surface area contributed by atoms with E-state index in [0.29, 0.717) is 11.1 Å². The first-order valence-corrected chi connectivity index (χ1v) is 8.81. The van der Waals surface area contributed by atoms with E-state index >= 15 is 0 Å². The SMILES string of the molecule is CC(C)(C)OCCOc1cc(F)c(S(=O)(=O)Cl)cc1Br. The van der Waals surface area contributed by atoms with Crippen molar-refractivity contribution in [2.45, 2.75) is 31.3 Å². The van der Waals surface area contributed by atoms with Crippen molar-refractivity contribution in [1.82, 2.24) is 0 Å². The fraction of sp³-hybridized carbons (Fsp3) is 0.500. The Labute approximate surface area is 130 Å². The summed E-state index contributed by atoms with van der Waals surface area (Å²) in [5.74, 6) is -0.779. The van der Waals surface area contributed by atoms with Crippen LogP contribution in [0.15, 0.2) is 21.5 Å². The first-order valence-electron chi connectivity index (χ1n) is 5.71. The van der Waals surface area contributed by atoms with Gasteiger partial charge in [-0.1, -0.05) is 0 Å². The van der Waals surface area contributed by atoms with Gasteiger partial charge in [-0.15, -0.1) is 0 Å². The number of hydrogen-bond donors (Lipinski definition) is 0. The Morgan fingerprint density at radius 2 is 1.90 bits per heavy atom. The molecule has 0 aliphatic carbocycles. The molecule has 0 fully saturated rings. The first kappa shape index (κ1) is 17.7. The third-order valence-electron chi connectivity index (χ3n) is 2.13. The monoisotopic (exact) mass is 388 g/mol. The van der Waals surface area contributed by atoms with Crippen molar-refractivity contribution in [2.75, 3.05) is 13.2 Å². The van der Waals surface area contributed by atoms with Gasteiger partial charge >= 0.3 is 0 Å². The van der Waals surface area contributed by atoms with Crippen LogP contribution in [0.5, 0.6) is 5.75 Å². The Balaban J connectivity index is 2.76. The molecule has 8 heteroatoms. The summed E-state index contributed by atoms with van der Waals surface area (Å²) in [5.41, 5.74) is -0.289. The maximum Gasteiger partial charge on any atom is 0.264 e. The van der Waals surface area contributed by atoms with Crippen LogP contribution in [0.1, 0.15) is 20.8 Å². The van der Waals surface area contributed by atoms with E-state index in [-0.39, 0.29) is 18.0 Å². The van der Waals surface area contributed by atoms with Gasteiger partial charge in [0.25, 0.3) is 9.05 Å². The first-order chi connectivity index (χ1) is 9.00. The molecule has 0 heterocycles. The van der Waals surface area contributed by atoms with Crippen LogP contribution >= 0.6 is 26.6 Å². The summed E-state index contributed by atoms with van der Waals surface area (Å²) < 4.78 is 47.0. The van der Waals surface area contributed by atoms with Gasteiger partial charge in [-0.05, 0) is 42.8 Å². The number of benzene rings is 1. The van der Waals surface area contributed by atoms with Crippen LogP contribution in [0.2, 0.25) is 0 Å². The summed E-state index contributed by atoms with van der Waals surface area (Å²) in [4.78, 5) is -0.593. The molecule has 0 saturated heterocycles. The van der Waals surface area contributed by atoms with Gasteiger partial charge < -0.3 is 9.47 Å². The summed E-state index contributed by atoms with van der Waals surface area (Å²) in [6, 6.07) is 2.04. The molecule has 20 heavy (non-hydrogen) atoms. The van der Waals surface area contributed by atoms with Gasteiger partial charge in [0, 0.05) is 16.7 Å². The number of hydrogen-bond acceptors (Lipinski definition) is 4. The molecule has 0 bridgehead atoms. The highest BCUT2D eigenvalue weighted by molar-refractivity contribution is 9.10. The minimum absolute atomic E-state index is 0.184. The fourth-order valence-corrected chi connectivity index (χ4v) is 2.82. The van der Waals surface area contributed by atoms with E-state index in [9.17, 15) is 12.8 Å². The predicted octanol–water partition coefficient (Wildman–Crippen LogP) is 3.71. The summed E-state index contributed by atoms with van der Waals surface area (Å²) in [5, 5.41) is 0. The average molecular weight is 390 g/mol. The van der Waals surface area contributed by atoms with Crippen molar-refractivity contribution in [2.24, 2.45) is 0 Å². The second-order valence-electron chi connectivity index (χ2n) is 4.96. The van der Waals surface area contributed by atoms with Gasteiger partial charge in [0.05, 0.1) is 16.7 Å². The Bertz CT molecular complexity index is 584. The van der Waals surface area contributed by atoms with Crippen molar-refractivity contribution in [3.63, 3.8) is 0 Å². The molecule has 0 N–H and O–H groups in total. The molecule has 0 aliphatic heterocycles. The number of halogens is 3. The third kappa shape index (κ3) is 5.55. The Kier molecular flexibility index (Phi) is 5.83. The van der Waals surface area contributed by atoms with Crippen molar-refractivity contribution < 1.29 is 22.3 Å². The molecular weight excluding hydrogens is 375 g/mol. The normalized spacial score (nSPS) is 12.5. The molecule has 0 spiro atoms. The van der Waals surface area contributed by atoms with Gasteiger partial charge in [-0.2, -0.15) is 0 Å². The molecule has 1 aromatic carbocycles. The lowest BCUT2D eigenvalue weighted by Crippen LogP contribution is -2.22. The van der Waals surface area contributed by atoms with Gasteiger partial charge in [0.2, 0.25) is 0 Å². The molecular formula is C12H15BrClFO4S. The molecule has 0 atom stereocenters. The molecule has 4 nitrogen and oxygen atoms in total. The van der Waals surface area contributed by atoms with Crippen LogP contribution in [0.4, 0.5) is 4.39 Å². The largest absolute Gasteiger partial charge is 0.490 e.